The van der Waals surface area contributed by atoms with E-state index >= 15 is 0 Å². The van der Waals surface area contributed by atoms with Crippen molar-refractivity contribution < 1.29 is 22.7 Å². The molecule has 0 atom stereocenters. The van der Waals surface area contributed by atoms with Crippen LogP contribution in [0.2, 0.25) is 5.02 Å². The van der Waals surface area contributed by atoms with Gasteiger partial charge in [-0.1, -0.05) is 18.5 Å². The second-order valence-electron chi connectivity index (χ2n) is 6.71. The van der Waals surface area contributed by atoms with E-state index in [1.54, 1.807) is 12.1 Å². The summed E-state index contributed by atoms with van der Waals surface area (Å²) in [6.07, 6.45) is 0.837. The summed E-state index contributed by atoms with van der Waals surface area (Å²) in [5, 5.41) is 2.88. The van der Waals surface area contributed by atoms with Crippen LogP contribution in [0.15, 0.2) is 41.3 Å². The van der Waals surface area contributed by atoms with Gasteiger partial charge in [0.15, 0.2) is 0 Å². The zero-order valence-electron chi connectivity index (χ0n) is 16.6. The molecule has 1 amide bonds. The van der Waals surface area contributed by atoms with Crippen LogP contribution in [0.25, 0.3) is 0 Å². The van der Waals surface area contributed by atoms with Crippen LogP contribution < -0.4 is 15.8 Å². The summed E-state index contributed by atoms with van der Waals surface area (Å²) >= 11 is 6.19. The van der Waals surface area contributed by atoms with Gasteiger partial charge in [-0.15, -0.1) is 0 Å². The molecule has 0 aromatic heterocycles. The number of nitrogens with two attached hydrogens (primary N) is 1. The molecule has 3 rings (SSSR count). The van der Waals surface area contributed by atoms with Gasteiger partial charge in [0, 0.05) is 18.7 Å². The molecule has 30 heavy (non-hydrogen) atoms. The van der Waals surface area contributed by atoms with Crippen molar-refractivity contribution in [2.75, 3.05) is 44.0 Å². The molecular weight excluding hydrogens is 430 g/mol. The van der Waals surface area contributed by atoms with E-state index < -0.39 is 15.9 Å². The third kappa shape index (κ3) is 5.04. The van der Waals surface area contributed by atoms with E-state index in [0.717, 1.165) is 6.42 Å². The lowest BCUT2D eigenvalue weighted by Crippen LogP contribution is -2.40. The number of nitrogens with one attached hydrogen (secondary N) is 1. The molecular formula is C20H24ClN3O5S. The molecule has 10 heteroatoms. The number of sulfonamides is 1. The topological polar surface area (TPSA) is 111 Å². The minimum absolute atomic E-state index is 0.0481. The van der Waals surface area contributed by atoms with Crippen molar-refractivity contribution in [3.63, 3.8) is 0 Å². The van der Waals surface area contributed by atoms with E-state index in [-0.39, 0.29) is 28.7 Å². The highest BCUT2D eigenvalue weighted by atomic mass is 35.5. The molecule has 0 bridgehead atoms. The molecule has 3 N–H and O–H groups in total. The number of anilines is 2. The summed E-state index contributed by atoms with van der Waals surface area (Å²) in [6.45, 7) is 3.74. The first kappa shape index (κ1) is 22.4. The highest BCUT2D eigenvalue weighted by Gasteiger charge is 2.27. The number of morpholine rings is 1. The third-order valence-electron chi connectivity index (χ3n) is 4.53. The van der Waals surface area contributed by atoms with E-state index in [1.165, 1.54) is 28.6 Å². The molecule has 8 nitrogen and oxygen atoms in total. The summed E-state index contributed by atoms with van der Waals surface area (Å²) < 4.78 is 37.8. The maximum atomic E-state index is 12.9. The first-order chi connectivity index (χ1) is 14.3. The molecule has 2 aromatic carbocycles. The Kier molecular flexibility index (Phi) is 7.19. The van der Waals surface area contributed by atoms with Crippen LogP contribution in [0.1, 0.15) is 23.7 Å². The van der Waals surface area contributed by atoms with Crippen molar-refractivity contribution in [3.8, 4) is 5.75 Å². The van der Waals surface area contributed by atoms with Gasteiger partial charge in [-0.3, -0.25) is 4.79 Å². The maximum Gasteiger partial charge on any atom is 0.255 e. The number of halogens is 1. The molecule has 2 aromatic rings. The highest BCUT2D eigenvalue weighted by Crippen LogP contribution is 2.29. The summed E-state index contributed by atoms with van der Waals surface area (Å²) in [5.41, 5.74) is 6.79. The summed E-state index contributed by atoms with van der Waals surface area (Å²) in [6, 6.07) is 8.93. The zero-order chi connectivity index (χ0) is 21.7. The number of rotatable bonds is 7. The quantitative estimate of drug-likeness (QED) is 0.623. The summed E-state index contributed by atoms with van der Waals surface area (Å²) in [7, 11) is -3.72. The number of hydrogen-bond donors (Lipinski definition) is 2. The van der Waals surface area contributed by atoms with Gasteiger partial charge in [-0.05, 0) is 42.8 Å². The number of amides is 1. The number of nitrogens with zero attached hydrogens (tertiary/aromatic N) is 1. The van der Waals surface area contributed by atoms with Gasteiger partial charge in [0.05, 0.1) is 41.1 Å². The monoisotopic (exact) mass is 453 g/mol. The van der Waals surface area contributed by atoms with Crippen LogP contribution in [0.3, 0.4) is 0 Å². The number of nitrogen functional groups attached to an aromatic ring is 1. The van der Waals surface area contributed by atoms with E-state index in [1.807, 2.05) is 6.92 Å². The lowest BCUT2D eigenvalue weighted by molar-refractivity contribution is 0.0730. The van der Waals surface area contributed by atoms with Crippen molar-refractivity contribution in [1.29, 1.82) is 0 Å². The fourth-order valence-corrected chi connectivity index (χ4v) is 4.52. The lowest BCUT2D eigenvalue weighted by atomic mass is 10.1. The Morgan fingerprint density at radius 3 is 2.63 bits per heavy atom. The van der Waals surface area contributed by atoms with Crippen molar-refractivity contribution in [3.05, 3.63) is 47.0 Å². The van der Waals surface area contributed by atoms with Crippen molar-refractivity contribution in [1.82, 2.24) is 4.31 Å². The Hall–Kier alpha value is -2.33. The van der Waals surface area contributed by atoms with E-state index in [2.05, 4.69) is 5.32 Å². The minimum Gasteiger partial charge on any atom is -0.491 e. The molecule has 1 fully saturated rings. The van der Waals surface area contributed by atoms with Crippen LogP contribution in [0.5, 0.6) is 5.75 Å². The Morgan fingerprint density at radius 1 is 1.23 bits per heavy atom. The number of benzene rings is 2. The Morgan fingerprint density at radius 2 is 1.97 bits per heavy atom. The molecule has 0 saturated carbocycles. The molecule has 162 valence electrons. The Balaban J connectivity index is 1.80. The molecule has 0 aliphatic carbocycles. The molecule has 1 aliphatic heterocycles. The Bertz CT molecular complexity index is 1020. The van der Waals surface area contributed by atoms with Gasteiger partial charge >= 0.3 is 0 Å². The van der Waals surface area contributed by atoms with Gasteiger partial charge < -0.3 is 20.5 Å². The minimum atomic E-state index is -3.72. The third-order valence-corrected chi connectivity index (χ3v) is 6.75. The van der Waals surface area contributed by atoms with Crippen molar-refractivity contribution in [2.24, 2.45) is 0 Å². The van der Waals surface area contributed by atoms with Gasteiger partial charge in [0.25, 0.3) is 5.91 Å². The van der Waals surface area contributed by atoms with Crippen molar-refractivity contribution in [2.45, 2.75) is 18.2 Å². The van der Waals surface area contributed by atoms with Crippen LogP contribution in [0.4, 0.5) is 11.4 Å². The standard InChI is InChI=1S/C20H24ClN3O5S/c1-2-9-29-19-6-3-14(12-17(19)22)20(25)23-18-13-15(4-5-16(18)21)30(26,27)24-7-10-28-11-8-24/h3-6,12-13H,2,7-11,22H2,1H3,(H,23,25). The van der Waals surface area contributed by atoms with Gasteiger partial charge in [-0.2, -0.15) is 4.31 Å². The number of carbonyl (C=O) groups excluding carboxylic acids is 1. The first-order valence-corrected chi connectivity index (χ1v) is 11.4. The number of carbonyl (C=O) groups is 1. The highest BCUT2D eigenvalue weighted by molar-refractivity contribution is 7.89. The van der Waals surface area contributed by atoms with Crippen LogP contribution in [-0.2, 0) is 14.8 Å². The molecule has 0 unspecified atom stereocenters. The zero-order valence-corrected chi connectivity index (χ0v) is 18.1. The molecule has 1 aliphatic rings. The van der Waals surface area contributed by atoms with E-state index in [9.17, 15) is 13.2 Å². The van der Waals surface area contributed by atoms with Crippen molar-refractivity contribution >= 4 is 38.9 Å². The average molecular weight is 454 g/mol. The largest absolute Gasteiger partial charge is 0.491 e. The molecule has 0 spiro atoms. The predicted octanol–water partition coefficient (Wildman–Crippen LogP) is 2.98. The second-order valence-corrected chi connectivity index (χ2v) is 9.06. The molecule has 1 saturated heterocycles. The van der Waals surface area contributed by atoms with E-state index in [0.29, 0.717) is 36.8 Å². The summed E-state index contributed by atoms with van der Waals surface area (Å²) in [4.78, 5) is 12.7. The second kappa shape index (κ2) is 9.65. The molecule has 1 heterocycles. The van der Waals surface area contributed by atoms with Gasteiger partial charge in [0.1, 0.15) is 5.75 Å². The fraction of sp³-hybridized carbons (Fsp3) is 0.350. The maximum absolute atomic E-state index is 12.9. The van der Waals surface area contributed by atoms with Gasteiger partial charge in [0.2, 0.25) is 10.0 Å². The van der Waals surface area contributed by atoms with Crippen LogP contribution >= 0.6 is 11.6 Å². The first-order valence-electron chi connectivity index (χ1n) is 9.54. The van der Waals surface area contributed by atoms with Crippen LogP contribution in [0, 0.1) is 0 Å². The predicted molar refractivity (Wildman–Crippen MR) is 116 cm³/mol. The Labute approximate surface area is 181 Å². The van der Waals surface area contributed by atoms with E-state index in [4.69, 9.17) is 26.8 Å². The average Bonchev–Trinajstić information content (AvgIpc) is 2.74. The fourth-order valence-electron chi connectivity index (χ4n) is 2.92. The molecule has 0 radical (unpaired) electrons. The summed E-state index contributed by atoms with van der Waals surface area (Å²) in [5.74, 6) is 0.0385. The SMILES string of the molecule is CCCOc1ccc(C(=O)Nc2cc(S(=O)(=O)N3CCOCC3)ccc2Cl)cc1N. The smallest absolute Gasteiger partial charge is 0.255 e. The lowest BCUT2D eigenvalue weighted by Gasteiger charge is -2.26. The normalized spacial score (nSPS) is 15.0. The van der Waals surface area contributed by atoms with Gasteiger partial charge in [-0.25, -0.2) is 8.42 Å². The number of ether oxygens (including phenoxy) is 2. The van der Waals surface area contributed by atoms with Crippen LogP contribution in [-0.4, -0.2) is 51.5 Å². The number of hydrogen-bond acceptors (Lipinski definition) is 6.